The van der Waals surface area contributed by atoms with Crippen LogP contribution in [0.1, 0.15) is 19.3 Å². The van der Waals surface area contributed by atoms with E-state index in [1.807, 2.05) is 0 Å². The quantitative estimate of drug-likeness (QED) is 0.289. The Bertz CT molecular complexity index is 288. The van der Waals surface area contributed by atoms with Crippen LogP contribution in [0.4, 0.5) is 0 Å². The first kappa shape index (κ1) is 18.2. The number of amidine groups is 1. The van der Waals surface area contributed by atoms with Crippen LogP contribution in [0.2, 0.25) is 0 Å². The molecule has 0 aromatic rings. The molecule has 0 saturated heterocycles. The lowest BCUT2D eigenvalue weighted by molar-refractivity contribution is 0.472. The van der Waals surface area contributed by atoms with Gasteiger partial charge in [-0.3, -0.25) is 5.41 Å². The standard InChI is InChI=1S/C9H18N6S.ClH/c1-15(9(13)14-7-10)5-3-2-4-6-16-8(11)12;/h2-6H2,1H3,(H3,11,12)(H2,13,14);1H. The third-order valence-electron chi connectivity index (χ3n) is 1.95. The number of nitriles is 1. The van der Waals surface area contributed by atoms with Gasteiger partial charge in [-0.05, 0) is 12.8 Å². The van der Waals surface area contributed by atoms with Gasteiger partial charge in [0.2, 0.25) is 12.2 Å². The number of nitrogens with two attached hydrogens (primary N) is 2. The fraction of sp³-hybridized carbons (Fsp3) is 0.667. The van der Waals surface area contributed by atoms with Crippen molar-refractivity contribution >= 4 is 35.3 Å². The van der Waals surface area contributed by atoms with Crippen LogP contribution in [0, 0.1) is 16.9 Å². The molecule has 0 radical (unpaired) electrons. The molecule has 8 heteroatoms. The zero-order valence-corrected chi connectivity index (χ0v) is 11.5. The van der Waals surface area contributed by atoms with E-state index in [-0.39, 0.29) is 23.5 Å². The van der Waals surface area contributed by atoms with Gasteiger partial charge in [0, 0.05) is 19.3 Å². The molecule has 0 spiro atoms. The predicted molar refractivity (Wildman–Crippen MR) is 75.3 cm³/mol. The predicted octanol–water partition coefficient (Wildman–Crippen LogP) is 0.933. The van der Waals surface area contributed by atoms with E-state index in [0.717, 1.165) is 31.6 Å². The number of unbranched alkanes of at least 4 members (excludes halogenated alkanes) is 2. The van der Waals surface area contributed by atoms with E-state index in [1.54, 1.807) is 18.1 Å². The number of halogens is 1. The number of nitrogens with one attached hydrogen (secondary N) is 1. The molecule has 0 heterocycles. The number of hydrogen-bond donors (Lipinski definition) is 3. The molecular formula is C9H19ClN6S. The van der Waals surface area contributed by atoms with E-state index in [0.29, 0.717) is 0 Å². The van der Waals surface area contributed by atoms with Crippen molar-refractivity contribution < 1.29 is 0 Å². The number of hydrogen-bond acceptors (Lipinski definition) is 4. The third-order valence-corrected chi connectivity index (χ3v) is 2.75. The van der Waals surface area contributed by atoms with Crippen LogP contribution in [0.25, 0.3) is 0 Å². The molecule has 0 aliphatic heterocycles. The van der Waals surface area contributed by atoms with Crippen molar-refractivity contribution in [1.82, 2.24) is 4.90 Å². The summed E-state index contributed by atoms with van der Waals surface area (Å²) in [7, 11) is 1.81. The maximum atomic E-state index is 8.30. The number of thioether (sulfide) groups is 1. The van der Waals surface area contributed by atoms with Gasteiger partial charge < -0.3 is 16.4 Å². The number of nitrogens with zero attached hydrogens (tertiary/aromatic N) is 3. The summed E-state index contributed by atoms with van der Waals surface area (Å²) in [6, 6.07) is 0. The van der Waals surface area contributed by atoms with Crippen molar-refractivity contribution in [2.24, 2.45) is 16.5 Å². The summed E-state index contributed by atoms with van der Waals surface area (Å²) >= 11 is 1.36. The zero-order chi connectivity index (χ0) is 12.4. The molecule has 5 N–H and O–H groups in total. The van der Waals surface area contributed by atoms with Gasteiger partial charge >= 0.3 is 0 Å². The van der Waals surface area contributed by atoms with Gasteiger partial charge in [0.15, 0.2) is 5.17 Å². The summed E-state index contributed by atoms with van der Waals surface area (Å²) in [6.45, 7) is 0.780. The molecular weight excluding hydrogens is 260 g/mol. The van der Waals surface area contributed by atoms with Crippen molar-refractivity contribution in [2.75, 3.05) is 19.3 Å². The van der Waals surface area contributed by atoms with Gasteiger partial charge in [0.05, 0.1) is 0 Å². The van der Waals surface area contributed by atoms with Crippen molar-refractivity contribution in [3.63, 3.8) is 0 Å². The summed E-state index contributed by atoms with van der Waals surface area (Å²) in [5, 5.41) is 15.5. The van der Waals surface area contributed by atoms with E-state index in [1.165, 1.54) is 11.8 Å². The fourth-order valence-corrected chi connectivity index (χ4v) is 1.63. The second-order valence-electron chi connectivity index (χ2n) is 3.26. The summed E-state index contributed by atoms with van der Waals surface area (Å²) in [5.41, 5.74) is 10.7. The zero-order valence-electron chi connectivity index (χ0n) is 9.85. The van der Waals surface area contributed by atoms with Gasteiger partial charge in [0.25, 0.3) is 0 Å². The SMILES string of the molecule is CN(CCCCCSC(=N)N)C(N)=NC#N.Cl. The summed E-state index contributed by atoms with van der Waals surface area (Å²) in [5.74, 6) is 1.13. The molecule has 0 rings (SSSR count). The number of rotatable bonds is 6. The first-order chi connectivity index (χ1) is 7.57. The maximum absolute atomic E-state index is 8.30. The van der Waals surface area contributed by atoms with Gasteiger partial charge in [-0.15, -0.1) is 17.4 Å². The highest BCUT2D eigenvalue weighted by molar-refractivity contribution is 8.13. The molecule has 0 aromatic carbocycles. The Hall–Kier alpha value is -1.13. The van der Waals surface area contributed by atoms with Crippen LogP contribution < -0.4 is 11.5 Å². The third kappa shape index (κ3) is 11.1. The van der Waals surface area contributed by atoms with Crippen LogP contribution in [-0.4, -0.2) is 35.4 Å². The molecule has 6 nitrogen and oxygen atoms in total. The summed E-state index contributed by atoms with van der Waals surface area (Å²) in [6.07, 6.45) is 4.70. The Labute approximate surface area is 112 Å². The fourth-order valence-electron chi connectivity index (χ4n) is 1.06. The van der Waals surface area contributed by atoms with E-state index >= 15 is 0 Å². The monoisotopic (exact) mass is 278 g/mol. The minimum atomic E-state index is 0. The lowest BCUT2D eigenvalue weighted by atomic mass is 10.2. The first-order valence-corrected chi connectivity index (χ1v) is 5.96. The molecule has 0 unspecified atom stereocenters. The molecule has 0 bridgehead atoms. The van der Waals surface area contributed by atoms with Crippen molar-refractivity contribution in [3.8, 4) is 6.19 Å². The molecule has 0 aliphatic carbocycles. The first-order valence-electron chi connectivity index (χ1n) is 4.98. The number of aliphatic imine (C=N–C) groups is 1. The lowest BCUT2D eigenvalue weighted by Gasteiger charge is -2.16. The van der Waals surface area contributed by atoms with Crippen LogP contribution in [-0.2, 0) is 0 Å². The van der Waals surface area contributed by atoms with Crippen molar-refractivity contribution in [3.05, 3.63) is 0 Å². The van der Waals surface area contributed by atoms with E-state index in [2.05, 4.69) is 4.99 Å². The smallest absolute Gasteiger partial charge is 0.209 e. The Morgan fingerprint density at radius 1 is 1.41 bits per heavy atom. The lowest BCUT2D eigenvalue weighted by Crippen LogP contribution is -2.34. The van der Waals surface area contributed by atoms with Gasteiger partial charge in [-0.25, -0.2) is 0 Å². The molecule has 0 saturated carbocycles. The molecule has 17 heavy (non-hydrogen) atoms. The molecule has 0 fully saturated rings. The number of guanidine groups is 1. The molecule has 98 valence electrons. The van der Waals surface area contributed by atoms with Crippen LogP contribution in [0.3, 0.4) is 0 Å². The maximum Gasteiger partial charge on any atom is 0.209 e. The highest BCUT2D eigenvalue weighted by atomic mass is 35.5. The summed E-state index contributed by atoms with van der Waals surface area (Å²) < 4.78 is 0. The topological polar surface area (TPSA) is 115 Å². The Morgan fingerprint density at radius 3 is 2.59 bits per heavy atom. The molecule has 0 atom stereocenters. The highest BCUT2D eigenvalue weighted by Gasteiger charge is 2.00. The average Bonchev–Trinajstić information content (AvgIpc) is 2.22. The minimum absolute atomic E-state index is 0. The van der Waals surface area contributed by atoms with Crippen LogP contribution in [0.5, 0.6) is 0 Å². The van der Waals surface area contributed by atoms with Crippen LogP contribution in [0.15, 0.2) is 4.99 Å². The van der Waals surface area contributed by atoms with E-state index < -0.39 is 0 Å². The van der Waals surface area contributed by atoms with E-state index in [4.69, 9.17) is 22.1 Å². The van der Waals surface area contributed by atoms with E-state index in [9.17, 15) is 0 Å². The average molecular weight is 279 g/mol. The van der Waals surface area contributed by atoms with Crippen molar-refractivity contribution in [2.45, 2.75) is 19.3 Å². The van der Waals surface area contributed by atoms with Crippen molar-refractivity contribution in [1.29, 1.82) is 10.7 Å². The molecule has 0 amide bonds. The minimum Gasteiger partial charge on any atom is -0.379 e. The van der Waals surface area contributed by atoms with Crippen LogP contribution >= 0.6 is 24.2 Å². The highest BCUT2D eigenvalue weighted by Crippen LogP contribution is 2.05. The second kappa shape index (κ2) is 11.4. The van der Waals surface area contributed by atoms with Gasteiger partial charge in [0.1, 0.15) is 0 Å². The molecule has 0 aromatic heterocycles. The Balaban J connectivity index is 0. The second-order valence-corrected chi connectivity index (χ2v) is 4.40. The summed E-state index contributed by atoms with van der Waals surface area (Å²) in [4.78, 5) is 5.19. The van der Waals surface area contributed by atoms with Gasteiger partial charge in [-0.1, -0.05) is 18.2 Å². The largest absolute Gasteiger partial charge is 0.379 e. The molecule has 0 aliphatic rings. The Kier molecular flexibility index (Phi) is 12.2. The Morgan fingerprint density at radius 2 is 2.06 bits per heavy atom. The normalized spacial score (nSPS) is 10.2. The van der Waals surface area contributed by atoms with Gasteiger partial charge in [-0.2, -0.15) is 5.26 Å².